The second-order valence-electron chi connectivity index (χ2n) is 5.72. The third-order valence-electron chi connectivity index (χ3n) is 3.99. The molecule has 1 aromatic heterocycles. The number of carbonyl (C=O) groups excluding carboxylic acids is 1. The van der Waals surface area contributed by atoms with Crippen molar-refractivity contribution in [2.45, 2.75) is 37.8 Å². The van der Waals surface area contributed by atoms with Gasteiger partial charge in [0, 0.05) is 24.1 Å². The lowest BCUT2D eigenvalue weighted by atomic mass is 9.93. The third-order valence-corrected chi connectivity index (χ3v) is 4.29. The Morgan fingerprint density at radius 1 is 1.30 bits per heavy atom. The van der Waals surface area contributed by atoms with Crippen molar-refractivity contribution < 1.29 is 9.90 Å². The van der Waals surface area contributed by atoms with Crippen LogP contribution in [0.15, 0.2) is 36.7 Å². The van der Waals surface area contributed by atoms with Crippen LogP contribution in [0, 0.1) is 0 Å². The van der Waals surface area contributed by atoms with Gasteiger partial charge in [-0.05, 0) is 49.9 Å². The molecule has 1 aliphatic rings. The Kier molecular flexibility index (Phi) is 4.83. The van der Waals surface area contributed by atoms with E-state index in [0.29, 0.717) is 10.7 Å². The highest BCUT2D eigenvalue weighted by Gasteiger charge is 2.20. The number of halogens is 1. The molecular weight excluding hydrogens is 316 g/mol. The van der Waals surface area contributed by atoms with Gasteiger partial charge in [0.2, 0.25) is 0 Å². The summed E-state index contributed by atoms with van der Waals surface area (Å²) in [7, 11) is 0. The van der Waals surface area contributed by atoms with Crippen molar-refractivity contribution in [3.05, 3.63) is 41.7 Å². The van der Waals surface area contributed by atoms with Crippen LogP contribution >= 0.6 is 11.6 Å². The summed E-state index contributed by atoms with van der Waals surface area (Å²) in [5, 5.41) is 19.8. The molecule has 23 heavy (non-hydrogen) atoms. The largest absolute Gasteiger partial charge is 0.393 e. The first kappa shape index (κ1) is 15.8. The number of carbonyl (C=O) groups is 1. The smallest absolute Gasteiger partial charge is 0.319 e. The van der Waals surface area contributed by atoms with E-state index in [1.165, 1.54) is 0 Å². The summed E-state index contributed by atoms with van der Waals surface area (Å²) in [6.07, 6.45) is 6.31. The number of aliphatic hydroxyl groups excluding tert-OH is 1. The Balaban J connectivity index is 1.59. The van der Waals surface area contributed by atoms with Crippen molar-refractivity contribution >= 4 is 23.3 Å². The van der Waals surface area contributed by atoms with Crippen LogP contribution in [0.2, 0.25) is 5.02 Å². The molecule has 1 saturated carbocycles. The zero-order valence-corrected chi connectivity index (χ0v) is 13.3. The minimum atomic E-state index is -0.255. The van der Waals surface area contributed by atoms with E-state index in [9.17, 15) is 9.90 Å². The molecule has 0 bridgehead atoms. The summed E-state index contributed by atoms with van der Waals surface area (Å²) >= 11 is 6.25. The first-order valence-corrected chi connectivity index (χ1v) is 8.05. The summed E-state index contributed by atoms with van der Waals surface area (Å²) < 4.78 is 1.67. The van der Waals surface area contributed by atoms with Gasteiger partial charge in [0.05, 0.1) is 16.8 Å². The zero-order valence-electron chi connectivity index (χ0n) is 12.6. The lowest BCUT2D eigenvalue weighted by molar-refractivity contribution is 0.118. The molecule has 7 heteroatoms. The molecule has 1 heterocycles. The molecule has 3 rings (SSSR count). The van der Waals surface area contributed by atoms with Crippen molar-refractivity contribution in [2.75, 3.05) is 5.32 Å². The standard InChI is InChI=1S/C16H19ClN4O2/c17-14-10-12(4-7-15(14)21-9-1-8-18-21)20-16(23)19-11-2-5-13(22)6-3-11/h1,4,7-11,13,22H,2-3,5-6H2,(H2,19,20,23). The average molecular weight is 335 g/mol. The molecule has 2 amide bonds. The molecule has 0 aliphatic heterocycles. The number of nitrogens with zero attached hydrogens (tertiary/aromatic N) is 2. The molecule has 0 unspecified atom stereocenters. The SMILES string of the molecule is O=C(Nc1ccc(-n2cccn2)c(Cl)c1)NC1CCC(O)CC1. The fraction of sp³-hybridized carbons (Fsp3) is 0.375. The molecule has 6 nitrogen and oxygen atoms in total. The molecule has 0 spiro atoms. The van der Waals surface area contributed by atoms with Crippen LogP contribution in [0.1, 0.15) is 25.7 Å². The van der Waals surface area contributed by atoms with Crippen LogP contribution in [0.3, 0.4) is 0 Å². The monoisotopic (exact) mass is 334 g/mol. The van der Waals surface area contributed by atoms with Crippen molar-refractivity contribution in [1.82, 2.24) is 15.1 Å². The molecule has 3 N–H and O–H groups in total. The number of hydrogen-bond donors (Lipinski definition) is 3. The molecular formula is C16H19ClN4O2. The molecule has 1 aromatic carbocycles. The normalized spacial score (nSPS) is 21.0. The molecule has 1 aliphatic carbocycles. The maximum Gasteiger partial charge on any atom is 0.319 e. The number of amides is 2. The topological polar surface area (TPSA) is 79.2 Å². The zero-order chi connectivity index (χ0) is 16.2. The van der Waals surface area contributed by atoms with E-state index >= 15 is 0 Å². The number of hydrogen-bond acceptors (Lipinski definition) is 3. The third kappa shape index (κ3) is 4.03. The second kappa shape index (κ2) is 7.02. The number of rotatable bonds is 3. The van der Waals surface area contributed by atoms with Gasteiger partial charge in [0.25, 0.3) is 0 Å². The van der Waals surface area contributed by atoms with Gasteiger partial charge in [0.1, 0.15) is 0 Å². The molecule has 2 aromatic rings. The number of urea groups is 1. The van der Waals surface area contributed by atoms with Gasteiger partial charge in [-0.3, -0.25) is 0 Å². The quantitative estimate of drug-likeness (QED) is 0.807. The summed E-state index contributed by atoms with van der Waals surface area (Å²) in [5.74, 6) is 0. The summed E-state index contributed by atoms with van der Waals surface area (Å²) in [6, 6.07) is 6.96. The summed E-state index contributed by atoms with van der Waals surface area (Å²) in [5.41, 5.74) is 1.38. The molecule has 122 valence electrons. The highest BCUT2D eigenvalue weighted by atomic mass is 35.5. The highest BCUT2D eigenvalue weighted by Crippen LogP contribution is 2.24. The van der Waals surface area contributed by atoms with E-state index in [1.807, 2.05) is 12.1 Å². The van der Waals surface area contributed by atoms with E-state index in [1.54, 1.807) is 29.2 Å². The van der Waals surface area contributed by atoms with Gasteiger partial charge in [-0.15, -0.1) is 0 Å². The van der Waals surface area contributed by atoms with Crippen LogP contribution in [0.5, 0.6) is 0 Å². The predicted molar refractivity (Wildman–Crippen MR) is 89.0 cm³/mol. The van der Waals surface area contributed by atoms with Gasteiger partial charge in [0.15, 0.2) is 0 Å². The van der Waals surface area contributed by atoms with Crippen molar-refractivity contribution in [3.63, 3.8) is 0 Å². The minimum Gasteiger partial charge on any atom is -0.393 e. The van der Waals surface area contributed by atoms with E-state index in [0.717, 1.165) is 31.4 Å². The van der Waals surface area contributed by atoms with Gasteiger partial charge < -0.3 is 15.7 Å². The van der Waals surface area contributed by atoms with Crippen molar-refractivity contribution in [2.24, 2.45) is 0 Å². The molecule has 0 saturated heterocycles. The summed E-state index contributed by atoms with van der Waals surface area (Å²) in [4.78, 5) is 12.0. The molecule has 1 fully saturated rings. The molecule has 0 atom stereocenters. The van der Waals surface area contributed by atoms with Crippen LogP contribution in [-0.4, -0.2) is 33.1 Å². The van der Waals surface area contributed by atoms with E-state index in [-0.39, 0.29) is 18.2 Å². The van der Waals surface area contributed by atoms with Gasteiger partial charge >= 0.3 is 6.03 Å². The fourth-order valence-corrected chi connectivity index (χ4v) is 3.02. The first-order valence-electron chi connectivity index (χ1n) is 7.67. The average Bonchev–Trinajstić information content (AvgIpc) is 3.04. The van der Waals surface area contributed by atoms with Crippen LogP contribution < -0.4 is 10.6 Å². The summed E-state index contributed by atoms with van der Waals surface area (Å²) in [6.45, 7) is 0. The lowest BCUT2D eigenvalue weighted by Crippen LogP contribution is -2.40. The number of benzene rings is 1. The number of aliphatic hydroxyl groups is 1. The second-order valence-corrected chi connectivity index (χ2v) is 6.13. The molecule has 0 radical (unpaired) electrons. The highest BCUT2D eigenvalue weighted by molar-refractivity contribution is 6.32. The predicted octanol–water partition coefficient (Wildman–Crippen LogP) is 2.95. The van der Waals surface area contributed by atoms with Gasteiger partial charge in [-0.1, -0.05) is 11.6 Å². The lowest BCUT2D eigenvalue weighted by Gasteiger charge is -2.26. The first-order chi connectivity index (χ1) is 11.1. The van der Waals surface area contributed by atoms with E-state index < -0.39 is 0 Å². The maximum absolute atomic E-state index is 12.0. The van der Waals surface area contributed by atoms with Crippen LogP contribution in [-0.2, 0) is 0 Å². The fourth-order valence-electron chi connectivity index (χ4n) is 2.75. The maximum atomic E-state index is 12.0. The Hall–Kier alpha value is -2.05. The Bertz CT molecular complexity index is 667. The van der Waals surface area contributed by atoms with Crippen molar-refractivity contribution in [1.29, 1.82) is 0 Å². The Morgan fingerprint density at radius 2 is 2.09 bits per heavy atom. The van der Waals surface area contributed by atoms with Crippen LogP contribution in [0.25, 0.3) is 5.69 Å². The van der Waals surface area contributed by atoms with Gasteiger partial charge in [-0.25, -0.2) is 9.48 Å². The Labute approximate surface area is 139 Å². The minimum absolute atomic E-state index is 0.109. The Morgan fingerprint density at radius 3 is 2.74 bits per heavy atom. The van der Waals surface area contributed by atoms with Gasteiger partial charge in [-0.2, -0.15) is 5.10 Å². The van der Waals surface area contributed by atoms with E-state index in [2.05, 4.69) is 15.7 Å². The van der Waals surface area contributed by atoms with E-state index in [4.69, 9.17) is 11.6 Å². The van der Waals surface area contributed by atoms with Crippen LogP contribution in [0.4, 0.5) is 10.5 Å². The number of anilines is 1. The number of aromatic nitrogens is 2. The van der Waals surface area contributed by atoms with Crippen molar-refractivity contribution in [3.8, 4) is 5.69 Å². The number of nitrogens with one attached hydrogen (secondary N) is 2.